The minimum atomic E-state index is 0.257. The lowest BCUT2D eigenvalue weighted by molar-refractivity contribution is 0.737. The van der Waals surface area contributed by atoms with Gasteiger partial charge in [-0.3, -0.25) is 0 Å². The molecule has 0 unspecified atom stereocenters. The fraction of sp³-hybridized carbons (Fsp3) is 0.538. The summed E-state index contributed by atoms with van der Waals surface area (Å²) in [5, 5.41) is 0. The van der Waals surface area contributed by atoms with Gasteiger partial charge in [-0.25, -0.2) is 0 Å². The van der Waals surface area contributed by atoms with Gasteiger partial charge in [0.1, 0.15) is 0 Å². The minimum absolute atomic E-state index is 0.257. The van der Waals surface area contributed by atoms with Crippen LogP contribution in [0.4, 0.5) is 0 Å². The molecular formula is C13H21NS. The van der Waals surface area contributed by atoms with Crippen LogP contribution in [0.3, 0.4) is 0 Å². The van der Waals surface area contributed by atoms with E-state index in [1.165, 1.54) is 29.7 Å². The van der Waals surface area contributed by atoms with Gasteiger partial charge >= 0.3 is 0 Å². The van der Waals surface area contributed by atoms with E-state index in [4.69, 9.17) is 5.73 Å². The van der Waals surface area contributed by atoms with Crippen molar-refractivity contribution in [2.45, 2.75) is 32.2 Å². The van der Waals surface area contributed by atoms with E-state index >= 15 is 0 Å². The standard InChI is InChI=1S/C13H21NS/c1-11(14)10-13-7-5-12(6-8-13)4-3-9-15-2/h5-8,11H,3-4,9-10,14H2,1-2H3/t11-/m1/s1. The first-order valence-electron chi connectivity index (χ1n) is 5.54. The fourth-order valence-corrected chi connectivity index (χ4v) is 2.07. The average molecular weight is 223 g/mol. The highest BCUT2D eigenvalue weighted by Crippen LogP contribution is 2.09. The van der Waals surface area contributed by atoms with E-state index < -0.39 is 0 Å². The van der Waals surface area contributed by atoms with Crippen LogP contribution >= 0.6 is 11.8 Å². The van der Waals surface area contributed by atoms with E-state index in [2.05, 4.69) is 30.5 Å². The maximum absolute atomic E-state index is 5.76. The Bertz CT molecular complexity index is 266. The molecule has 0 aliphatic heterocycles. The molecule has 0 saturated heterocycles. The molecule has 1 aromatic carbocycles. The summed E-state index contributed by atoms with van der Waals surface area (Å²) in [6.07, 6.45) is 5.60. The highest BCUT2D eigenvalue weighted by atomic mass is 32.2. The van der Waals surface area contributed by atoms with Gasteiger partial charge in [0.05, 0.1) is 0 Å². The number of aryl methyl sites for hydroxylation is 1. The third-order valence-electron chi connectivity index (χ3n) is 2.39. The van der Waals surface area contributed by atoms with Crippen LogP contribution in [0.1, 0.15) is 24.5 Å². The molecule has 0 aliphatic rings. The predicted octanol–water partition coefficient (Wildman–Crippen LogP) is 2.87. The van der Waals surface area contributed by atoms with E-state index in [-0.39, 0.29) is 6.04 Å². The van der Waals surface area contributed by atoms with Gasteiger partial charge in [0.15, 0.2) is 0 Å². The van der Waals surface area contributed by atoms with Gasteiger partial charge in [-0.1, -0.05) is 24.3 Å². The Morgan fingerprint density at radius 1 is 1.20 bits per heavy atom. The molecule has 2 N–H and O–H groups in total. The van der Waals surface area contributed by atoms with Gasteiger partial charge in [0, 0.05) is 6.04 Å². The molecule has 0 amide bonds. The molecule has 1 nitrogen and oxygen atoms in total. The molecule has 1 aromatic rings. The predicted molar refractivity (Wildman–Crippen MR) is 70.5 cm³/mol. The third-order valence-corrected chi connectivity index (χ3v) is 3.09. The number of hydrogen-bond donors (Lipinski definition) is 1. The van der Waals surface area contributed by atoms with Crippen LogP contribution in [0.2, 0.25) is 0 Å². The van der Waals surface area contributed by atoms with Crippen molar-refractivity contribution in [1.82, 2.24) is 0 Å². The Kier molecular flexibility index (Phi) is 5.81. The molecule has 0 bridgehead atoms. The van der Waals surface area contributed by atoms with Gasteiger partial charge in [0.2, 0.25) is 0 Å². The molecule has 2 heteroatoms. The molecule has 0 heterocycles. The molecule has 0 aromatic heterocycles. The number of rotatable bonds is 6. The summed E-state index contributed by atoms with van der Waals surface area (Å²) in [7, 11) is 0. The molecule has 0 radical (unpaired) electrons. The normalized spacial score (nSPS) is 12.7. The Morgan fingerprint density at radius 2 is 1.80 bits per heavy atom. The SMILES string of the molecule is CSCCCc1ccc(C[C@@H](C)N)cc1. The lowest BCUT2D eigenvalue weighted by Gasteiger charge is -2.06. The van der Waals surface area contributed by atoms with E-state index in [9.17, 15) is 0 Å². The summed E-state index contributed by atoms with van der Waals surface area (Å²) < 4.78 is 0. The first kappa shape index (κ1) is 12.6. The smallest absolute Gasteiger partial charge is 0.00509 e. The second kappa shape index (κ2) is 6.91. The molecule has 1 atom stereocenters. The Labute approximate surface area is 97.4 Å². The van der Waals surface area contributed by atoms with Crippen molar-refractivity contribution in [3.63, 3.8) is 0 Å². The fourth-order valence-electron chi connectivity index (χ4n) is 1.63. The lowest BCUT2D eigenvalue weighted by atomic mass is 10.0. The summed E-state index contributed by atoms with van der Waals surface area (Å²) >= 11 is 1.92. The van der Waals surface area contributed by atoms with Crippen molar-refractivity contribution < 1.29 is 0 Å². The molecule has 84 valence electrons. The van der Waals surface area contributed by atoms with Gasteiger partial charge in [-0.2, -0.15) is 11.8 Å². The maximum atomic E-state index is 5.76. The van der Waals surface area contributed by atoms with Crippen LogP contribution in [0.15, 0.2) is 24.3 Å². The molecule has 0 fully saturated rings. The number of hydrogen-bond acceptors (Lipinski definition) is 2. The minimum Gasteiger partial charge on any atom is -0.328 e. The van der Waals surface area contributed by atoms with Crippen LogP contribution in [0, 0.1) is 0 Å². The molecular weight excluding hydrogens is 202 g/mol. The van der Waals surface area contributed by atoms with Crippen molar-refractivity contribution in [2.75, 3.05) is 12.0 Å². The Hall–Kier alpha value is -0.470. The Balaban J connectivity index is 2.42. The first-order valence-corrected chi connectivity index (χ1v) is 6.94. The Morgan fingerprint density at radius 3 is 2.33 bits per heavy atom. The first-order chi connectivity index (χ1) is 7.22. The number of nitrogens with two attached hydrogens (primary N) is 1. The van der Waals surface area contributed by atoms with Crippen LogP contribution in [-0.2, 0) is 12.8 Å². The maximum Gasteiger partial charge on any atom is 0.00509 e. The highest BCUT2D eigenvalue weighted by molar-refractivity contribution is 7.98. The van der Waals surface area contributed by atoms with Crippen LogP contribution in [0.25, 0.3) is 0 Å². The zero-order valence-corrected chi connectivity index (χ0v) is 10.5. The van der Waals surface area contributed by atoms with Crippen molar-refractivity contribution in [2.24, 2.45) is 5.73 Å². The van der Waals surface area contributed by atoms with Gasteiger partial charge in [-0.05, 0) is 49.3 Å². The van der Waals surface area contributed by atoms with Gasteiger partial charge in [0.25, 0.3) is 0 Å². The van der Waals surface area contributed by atoms with E-state index in [1.807, 2.05) is 18.7 Å². The lowest BCUT2D eigenvalue weighted by Crippen LogP contribution is -2.17. The third kappa shape index (κ3) is 5.24. The number of thioether (sulfide) groups is 1. The quantitative estimate of drug-likeness (QED) is 0.751. The summed E-state index contributed by atoms with van der Waals surface area (Å²) in [6.45, 7) is 2.05. The molecule has 15 heavy (non-hydrogen) atoms. The highest BCUT2D eigenvalue weighted by Gasteiger charge is 1.98. The van der Waals surface area contributed by atoms with E-state index in [1.54, 1.807) is 0 Å². The molecule has 0 spiro atoms. The molecule has 1 rings (SSSR count). The van der Waals surface area contributed by atoms with E-state index in [0.29, 0.717) is 0 Å². The number of benzene rings is 1. The van der Waals surface area contributed by atoms with Crippen molar-refractivity contribution in [1.29, 1.82) is 0 Å². The molecule has 0 aliphatic carbocycles. The van der Waals surface area contributed by atoms with Gasteiger partial charge < -0.3 is 5.73 Å². The second-order valence-electron chi connectivity index (χ2n) is 4.09. The second-order valence-corrected chi connectivity index (χ2v) is 5.08. The van der Waals surface area contributed by atoms with Crippen LogP contribution < -0.4 is 5.73 Å². The summed E-state index contributed by atoms with van der Waals surface area (Å²) in [5.41, 5.74) is 8.55. The van der Waals surface area contributed by atoms with Crippen molar-refractivity contribution in [3.8, 4) is 0 Å². The largest absolute Gasteiger partial charge is 0.328 e. The van der Waals surface area contributed by atoms with Crippen molar-refractivity contribution >= 4 is 11.8 Å². The van der Waals surface area contributed by atoms with E-state index in [0.717, 1.165) is 6.42 Å². The average Bonchev–Trinajstić information content (AvgIpc) is 2.20. The zero-order valence-electron chi connectivity index (χ0n) is 9.70. The zero-order chi connectivity index (χ0) is 11.1. The topological polar surface area (TPSA) is 26.0 Å². The van der Waals surface area contributed by atoms with Crippen LogP contribution in [0.5, 0.6) is 0 Å². The van der Waals surface area contributed by atoms with Crippen LogP contribution in [-0.4, -0.2) is 18.1 Å². The summed E-state index contributed by atoms with van der Waals surface area (Å²) in [5.74, 6) is 1.25. The monoisotopic (exact) mass is 223 g/mol. The molecule has 0 saturated carbocycles. The summed E-state index contributed by atoms with van der Waals surface area (Å²) in [4.78, 5) is 0. The summed E-state index contributed by atoms with van der Waals surface area (Å²) in [6, 6.07) is 9.14. The van der Waals surface area contributed by atoms with Gasteiger partial charge in [-0.15, -0.1) is 0 Å². The van der Waals surface area contributed by atoms with Crippen molar-refractivity contribution in [3.05, 3.63) is 35.4 Å².